The summed E-state index contributed by atoms with van der Waals surface area (Å²) in [6, 6.07) is 12.5. The molecule has 0 radical (unpaired) electrons. The summed E-state index contributed by atoms with van der Waals surface area (Å²) in [5.41, 5.74) is 22.6. The van der Waals surface area contributed by atoms with Crippen molar-refractivity contribution in [1.29, 1.82) is 0 Å². The molecule has 0 aliphatic rings. The van der Waals surface area contributed by atoms with E-state index in [2.05, 4.69) is 12.6 Å². The van der Waals surface area contributed by atoms with E-state index in [1.807, 2.05) is 36.6 Å². The van der Waals surface area contributed by atoms with E-state index in [1.54, 1.807) is 23.9 Å². The van der Waals surface area contributed by atoms with E-state index >= 15 is 0 Å². The number of hydrogen-bond acceptors (Lipinski definition) is 11. The number of aromatic hydroxyl groups is 1. The molecule has 230 valence electrons. The van der Waals surface area contributed by atoms with Gasteiger partial charge >= 0.3 is 23.9 Å². The molecule has 0 aliphatic heterocycles. The lowest BCUT2D eigenvalue weighted by Gasteiger charge is -2.05. The lowest BCUT2D eigenvalue weighted by molar-refractivity contribution is -0.139. The Morgan fingerprint density at radius 2 is 1.07 bits per heavy atom. The van der Waals surface area contributed by atoms with E-state index in [0.29, 0.717) is 12.8 Å². The highest BCUT2D eigenvalue weighted by atomic mass is 32.2. The zero-order chi connectivity index (χ0) is 32.0. The van der Waals surface area contributed by atoms with Crippen LogP contribution >= 0.6 is 24.4 Å². The molecule has 15 heteroatoms. The Balaban J connectivity index is 0. The lowest BCUT2D eigenvalue weighted by atomic mass is 10.1. The van der Waals surface area contributed by atoms with Gasteiger partial charge in [0.2, 0.25) is 0 Å². The fourth-order valence-corrected chi connectivity index (χ4v) is 3.02. The van der Waals surface area contributed by atoms with Crippen molar-refractivity contribution in [2.24, 2.45) is 22.9 Å². The summed E-state index contributed by atoms with van der Waals surface area (Å²) in [6.45, 7) is 0. The Hall–Kier alpha value is -3.34. The molecule has 13 N–H and O–H groups in total. The number of thioether (sulfide) groups is 1. The molecule has 2 rings (SSSR count). The minimum Gasteiger partial charge on any atom is -0.508 e. The molecule has 0 heterocycles. The van der Waals surface area contributed by atoms with E-state index < -0.39 is 48.0 Å². The summed E-state index contributed by atoms with van der Waals surface area (Å²) in [6.07, 6.45) is 3.14. The van der Waals surface area contributed by atoms with E-state index in [-0.39, 0.29) is 17.9 Å². The van der Waals surface area contributed by atoms with Gasteiger partial charge in [-0.05, 0) is 54.5 Å². The number of rotatable bonds is 12. The second kappa shape index (κ2) is 23.4. The van der Waals surface area contributed by atoms with Crippen molar-refractivity contribution in [3.8, 4) is 5.75 Å². The molecule has 0 aliphatic carbocycles. The molecular weight excluding hydrogens is 576 g/mol. The monoisotopic (exact) mass is 616 g/mol. The number of thiol groups is 1. The highest BCUT2D eigenvalue weighted by Gasteiger charge is 2.12. The molecule has 4 atom stereocenters. The average Bonchev–Trinajstić information content (AvgIpc) is 2.93. The van der Waals surface area contributed by atoms with E-state index in [0.717, 1.165) is 16.9 Å². The van der Waals surface area contributed by atoms with Crippen LogP contribution < -0.4 is 22.9 Å². The van der Waals surface area contributed by atoms with Crippen LogP contribution in [0.15, 0.2) is 54.6 Å². The third-order valence-electron chi connectivity index (χ3n) is 4.79. The zero-order valence-electron chi connectivity index (χ0n) is 22.6. The molecular formula is C26H40N4O9S2. The van der Waals surface area contributed by atoms with Gasteiger partial charge in [-0.1, -0.05) is 42.5 Å². The first-order valence-corrected chi connectivity index (χ1v) is 14.0. The molecule has 2 aromatic rings. The molecule has 0 saturated heterocycles. The minimum atomic E-state index is -1.02. The van der Waals surface area contributed by atoms with Gasteiger partial charge in [0.05, 0.1) is 0 Å². The number of hydrogen-bond donors (Lipinski definition) is 10. The van der Waals surface area contributed by atoms with E-state index in [9.17, 15) is 19.2 Å². The standard InChI is InChI=1S/C9H11NO3.C9H11NO2.C5H11NO2S.C3H7NO2S/c10-8(9(12)13)5-6-1-3-7(11)4-2-6;10-8(9(11)12)6-7-4-2-1-3-5-7;1-9-3-2-4(6)5(7)8;4-2(1-7)3(5)6/h1-4,8,11H,5,10H2,(H,12,13);1-5,8H,6,10H2,(H,11,12);4H,2-3,6H2,1H3,(H,7,8);2,7H,1,4H2,(H,5,6)/t2*8-;4-;2-/m0000/s1. The molecule has 41 heavy (non-hydrogen) atoms. The fourth-order valence-electron chi connectivity index (χ4n) is 2.37. The summed E-state index contributed by atoms with van der Waals surface area (Å²) in [5.74, 6) is -2.73. The Labute approximate surface area is 248 Å². The second-order valence-corrected chi connectivity index (χ2v) is 9.65. The van der Waals surface area contributed by atoms with E-state index in [4.69, 9.17) is 48.5 Å². The normalized spacial score (nSPS) is 12.7. The number of phenols is 1. The largest absolute Gasteiger partial charge is 0.508 e. The summed E-state index contributed by atoms with van der Waals surface area (Å²) in [4.78, 5) is 40.6. The van der Waals surface area contributed by atoms with Crippen LogP contribution in [0, 0.1) is 0 Å². The van der Waals surface area contributed by atoms with Crippen LogP contribution in [0.3, 0.4) is 0 Å². The molecule has 0 spiro atoms. The van der Waals surface area contributed by atoms with Crippen molar-refractivity contribution in [3.05, 3.63) is 65.7 Å². The topological polar surface area (TPSA) is 274 Å². The van der Waals surface area contributed by atoms with Gasteiger partial charge in [-0.3, -0.25) is 19.2 Å². The molecule has 0 saturated carbocycles. The average molecular weight is 617 g/mol. The molecule has 0 aromatic heterocycles. The third kappa shape index (κ3) is 22.1. The first-order chi connectivity index (χ1) is 19.2. The zero-order valence-corrected chi connectivity index (χ0v) is 24.3. The maximum Gasteiger partial charge on any atom is 0.321 e. The highest BCUT2D eigenvalue weighted by Crippen LogP contribution is 2.10. The van der Waals surface area contributed by atoms with Crippen LogP contribution in [-0.2, 0) is 32.0 Å². The maximum atomic E-state index is 10.4. The van der Waals surface area contributed by atoms with Crippen LogP contribution in [0.5, 0.6) is 5.75 Å². The van der Waals surface area contributed by atoms with Crippen LogP contribution in [0.25, 0.3) is 0 Å². The van der Waals surface area contributed by atoms with Gasteiger partial charge in [0, 0.05) is 5.75 Å². The predicted molar refractivity (Wildman–Crippen MR) is 161 cm³/mol. The van der Waals surface area contributed by atoms with Crippen molar-refractivity contribution in [2.45, 2.75) is 43.4 Å². The second-order valence-electron chi connectivity index (χ2n) is 8.30. The van der Waals surface area contributed by atoms with Gasteiger partial charge < -0.3 is 48.5 Å². The molecule has 2 aromatic carbocycles. The number of benzene rings is 2. The van der Waals surface area contributed by atoms with Gasteiger partial charge in [-0.25, -0.2) is 0 Å². The summed E-state index contributed by atoms with van der Waals surface area (Å²) < 4.78 is 0. The van der Waals surface area contributed by atoms with Crippen molar-refractivity contribution in [2.75, 3.05) is 17.8 Å². The third-order valence-corrected chi connectivity index (χ3v) is 5.83. The summed E-state index contributed by atoms with van der Waals surface area (Å²) >= 11 is 5.25. The smallest absolute Gasteiger partial charge is 0.321 e. The van der Waals surface area contributed by atoms with Crippen LogP contribution in [0.1, 0.15) is 17.5 Å². The van der Waals surface area contributed by atoms with Crippen LogP contribution in [-0.4, -0.2) is 91.3 Å². The summed E-state index contributed by atoms with van der Waals surface area (Å²) in [7, 11) is 0. The van der Waals surface area contributed by atoms with Crippen LogP contribution in [0.2, 0.25) is 0 Å². The van der Waals surface area contributed by atoms with Gasteiger partial charge in [-0.2, -0.15) is 24.4 Å². The minimum absolute atomic E-state index is 0.160. The quantitative estimate of drug-likeness (QED) is 0.145. The van der Waals surface area contributed by atoms with Gasteiger partial charge in [0.25, 0.3) is 0 Å². The Bertz CT molecular complexity index is 1030. The Kier molecular flexibility index (Phi) is 22.7. The highest BCUT2D eigenvalue weighted by molar-refractivity contribution is 7.98. The van der Waals surface area contributed by atoms with Crippen molar-refractivity contribution < 1.29 is 44.7 Å². The number of carboxylic acid groups (broad SMARTS) is 4. The number of nitrogens with two attached hydrogens (primary N) is 4. The molecule has 0 fully saturated rings. The molecule has 0 amide bonds. The van der Waals surface area contributed by atoms with Crippen molar-refractivity contribution in [1.82, 2.24) is 0 Å². The maximum absolute atomic E-state index is 10.4. The predicted octanol–water partition coefficient (Wildman–Crippen LogP) is 0.467. The molecule has 0 unspecified atom stereocenters. The Morgan fingerprint density at radius 3 is 1.39 bits per heavy atom. The van der Waals surface area contributed by atoms with Crippen LogP contribution in [0.4, 0.5) is 0 Å². The number of carboxylic acids is 4. The van der Waals surface area contributed by atoms with Crippen molar-refractivity contribution >= 4 is 48.3 Å². The summed E-state index contributed by atoms with van der Waals surface area (Å²) in [5, 5.41) is 42.3. The van der Waals surface area contributed by atoms with Crippen molar-refractivity contribution in [3.63, 3.8) is 0 Å². The fraction of sp³-hybridized carbons (Fsp3) is 0.385. The van der Waals surface area contributed by atoms with Gasteiger partial charge in [0.15, 0.2) is 0 Å². The number of phenolic OH excluding ortho intramolecular Hbond substituents is 1. The molecule has 0 bridgehead atoms. The number of carbonyl (C=O) groups is 4. The first kappa shape index (κ1) is 39.8. The number of aliphatic carboxylic acids is 4. The van der Waals surface area contributed by atoms with Gasteiger partial charge in [0.1, 0.15) is 29.9 Å². The molecule has 13 nitrogen and oxygen atoms in total. The van der Waals surface area contributed by atoms with E-state index in [1.165, 1.54) is 12.1 Å². The lowest BCUT2D eigenvalue weighted by Crippen LogP contribution is -2.32. The SMILES string of the molecule is CSCC[C@H](N)C(=O)O.N[C@@H](CS)C(=O)O.N[C@@H](Cc1ccc(O)cc1)C(=O)O.N[C@@H](Cc1ccccc1)C(=O)O. The van der Waals surface area contributed by atoms with Gasteiger partial charge in [-0.15, -0.1) is 0 Å². The Morgan fingerprint density at radius 1 is 0.683 bits per heavy atom. The first-order valence-electron chi connectivity index (χ1n) is 12.0.